The van der Waals surface area contributed by atoms with Crippen molar-refractivity contribution >= 4 is 16.7 Å². The number of hydrogen-bond donors (Lipinski definition) is 0. The van der Waals surface area contributed by atoms with E-state index >= 15 is 0 Å². The summed E-state index contributed by atoms with van der Waals surface area (Å²) in [6.07, 6.45) is 6.28. The van der Waals surface area contributed by atoms with Gasteiger partial charge < -0.3 is 4.57 Å². The molecule has 1 aliphatic heterocycles. The van der Waals surface area contributed by atoms with Gasteiger partial charge in [0.2, 0.25) is 0 Å². The van der Waals surface area contributed by atoms with Crippen molar-refractivity contribution in [3.8, 4) is 0 Å². The lowest BCUT2D eigenvalue weighted by Crippen LogP contribution is -2.17. The first-order valence-electron chi connectivity index (χ1n) is 9.63. The van der Waals surface area contributed by atoms with Gasteiger partial charge in [-0.05, 0) is 36.6 Å². The minimum Gasteiger partial charge on any atom is -0.328 e. The summed E-state index contributed by atoms with van der Waals surface area (Å²) >= 11 is 0. The molecule has 1 atom stereocenters. The molecule has 5 nitrogen and oxygen atoms in total. The molecule has 0 radical (unpaired) electrons. The Labute approximate surface area is 171 Å². The van der Waals surface area contributed by atoms with Crippen LogP contribution in [0.15, 0.2) is 66.6 Å². The lowest BCUT2D eigenvalue weighted by Gasteiger charge is -2.17. The van der Waals surface area contributed by atoms with Crippen LogP contribution in [0.4, 0.5) is 13.2 Å². The van der Waals surface area contributed by atoms with Gasteiger partial charge in [0.15, 0.2) is 5.82 Å². The summed E-state index contributed by atoms with van der Waals surface area (Å²) in [5.74, 6) is 1.43. The molecule has 0 amide bonds. The minimum absolute atomic E-state index is 0.0997. The van der Waals surface area contributed by atoms with Crippen molar-refractivity contribution in [2.45, 2.75) is 32.0 Å². The highest BCUT2D eigenvalue weighted by atomic mass is 19.4. The molecule has 0 saturated heterocycles. The molecule has 154 valence electrons. The van der Waals surface area contributed by atoms with E-state index in [4.69, 9.17) is 0 Å². The van der Waals surface area contributed by atoms with E-state index in [0.717, 1.165) is 17.6 Å². The number of allylic oxidation sites excluding steroid dienone is 2. The predicted molar refractivity (Wildman–Crippen MR) is 109 cm³/mol. The van der Waals surface area contributed by atoms with Crippen LogP contribution in [0.1, 0.15) is 30.1 Å². The largest absolute Gasteiger partial charge is 0.416 e. The maximum atomic E-state index is 13.2. The maximum Gasteiger partial charge on any atom is 0.416 e. The fourth-order valence-electron chi connectivity index (χ4n) is 3.57. The van der Waals surface area contributed by atoms with Crippen LogP contribution < -0.4 is 0 Å². The third-order valence-corrected chi connectivity index (χ3v) is 5.02. The van der Waals surface area contributed by atoms with Gasteiger partial charge in [-0.1, -0.05) is 12.2 Å². The highest BCUT2D eigenvalue weighted by Gasteiger charge is 2.31. The van der Waals surface area contributed by atoms with Crippen LogP contribution in [-0.2, 0) is 19.1 Å². The van der Waals surface area contributed by atoms with E-state index < -0.39 is 11.7 Å². The predicted octanol–water partition coefficient (Wildman–Crippen LogP) is 4.99. The zero-order chi connectivity index (χ0) is 21.1. The Morgan fingerprint density at radius 1 is 1.20 bits per heavy atom. The molecule has 0 fully saturated rings. The molecule has 2 aromatic heterocycles. The molecule has 0 unspecified atom stereocenters. The molecule has 0 aliphatic carbocycles. The van der Waals surface area contributed by atoms with Gasteiger partial charge in [0.05, 0.1) is 22.3 Å². The summed E-state index contributed by atoms with van der Waals surface area (Å²) in [7, 11) is 0. The summed E-state index contributed by atoms with van der Waals surface area (Å²) in [5.41, 5.74) is 1.16. The molecule has 3 heterocycles. The van der Waals surface area contributed by atoms with Crippen LogP contribution in [0.2, 0.25) is 0 Å². The summed E-state index contributed by atoms with van der Waals surface area (Å²) in [6.45, 7) is 4.25. The molecular weight excluding hydrogens is 391 g/mol. The molecule has 8 heteroatoms. The van der Waals surface area contributed by atoms with Crippen molar-refractivity contribution in [1.82, 2.24) is 19.5 Å². The minimum atomic E-state index is -4.39. The Morgan fingerprint density at radius 3 is 2.73 bits per heavy atom. The topological polar surface area (TPSA) is 56.0 Å². The van der Waals surface area contributed by atoms with Gasteiger partial charge in [-0.3, -0.25) is 4.99 Å². The van der Waals surface area contributed by atoms with Gasteiger partial charge >= 0.3 is 6.18 Å². The Morgan fingerprint density at radius 2 is 2.00 bits per heavy atom. The lowest BCUT2D eigenvalue weighted by molar-refractivity contribution is -0.137. The number of aliphatic imine (C=N–C) groups is 1. The van der Waals surface area contributed by atoms with E-state index in [1.165, 1.54) is 12.1 Å². The number of aryl methyl sites for hydroxylation is 1. The van der Waals surface area contributed by atoms with Crippen molar-refractivity contribution in [3.63, 3.8) is 0 Å². The standard InChI is InChI=1S/C22H20F3N5/c1-2-3-11-30-19-14-16(22(23,24)25)5-6-17(19)29-20(30)13-15-7-10-26-18(12-15)21-27-8-4-9-28-21/h2,4-10,14-15H,1,3,11-13H2/t15-/m1/s1. The fourth-order valence-corrected chi connectivity index (χ4v) is 3.57. The van der Waals surface area contributed by atoms with Gasteiger partial charge in [0, 0.05) is 38.0 Å². The van der Waals surface area contributed by atoms with Crippen LogP contribution in [0, 0.1) is 5.92 Å². The molecule has 1 aliphatic rings. The molecule has 0 saturated carbocycles. The van der Waals surface area contributed by atoms with Crippen LogP contribution in [0.5, 0.6) is 0 Å². The zero-order valence-corrected chi connectivity index (χ0v) is 16.2. The average Bonchev–Trinajstić information content (AvgIpc) is 3.08. The highest BCUT2D eigenvalue weighted by Crippen LogP contribution is 2.32. The molecule has 4 rings (SSSR count). The lowest BCUT2D eigenvalue weighted by atomic mass is 9.95. The van der Waals surface area contributed by atoms with Crippen LogP contribution in [0.25, 0.3) is 11.0 Å². The van der Waals surface area contributed by atoms with E-state index in [2.05, 4.69) is 26.5 Å². The molecule has 0 N–H and O–H groups in total. The zero-order valence-electron chi connectivity index (χ0n) is 16.2. The molecular formula is C22H20F3N5. The fraction of sp³-hybridized carbons (Fsp3) is 0.273. The van der Waals surface area contributed by atoms with Gasteiger partial charge in [-0.25, -0.2) is 15.0 Å². The van der Waals surface area contributed by atoms with Gasteiger partial charge in [-0.15, -0.1) is 6.58 Å². The van der Waals surface area contributed by atoms with Gasteiger partial charge in [0.1, 0.15) is 5.82 Å². The van der Waals surface area contributed by atoms with E-state index in [-0.39, 0.29) is 5.92 Å². The first-order chi connectivity index (χ1) is 14.5. The van der Waals surface area contributed by atoms with Crippen LogP contribution in [0.3, 0.4) is 0 Å². The van der Waals surface area contributed by atoms with Crippen molar-refractivity contribution in [1.29, 1.82) is 0 Å². The summed E-state index contributed by atoms with van der Waals surface area (Å²) in [5, 5.41) is 0. The summed E-state index contributed by atoms with van der Waals surface area (Å²) in [4.78, 5) is 17.5. The van der Waals surface area contributed by atoms with Gasteiger partial charge in [-0.2, -0.15) is 13.2 Å². The first-order valence-corrected chi connectivity index (χ1v) is 9.63. The second kappa shape index (κ2) is 8.22. The second-order valence-electron chi connectivity index (χ2n) is 7.12. The van der Waals surface area contributed by atoms with Crippen molar-refractivity contribution in [3.05, 3.63) is 78.8 Å². The smallest absolute Gasteiger partial charge is 0.328 e. The van der Waals surface area contributed by atoms with Gasteiger partial charge in [0.25, 0.3) is 0 Å². The molecule has 0 spiro atoms. The summed E-state index contributed by atoms with van der Waals surface area (Å²) in [6, 6.07) is 5.44. The van der Waals surface area contributed by atoms with Crippen LogP contribution >= 0.6 is 0 Å². The number of fused-ring (bicyclic) bond motifs is 1. The van der Waals surface area contributed by atoms with E-state index in [0.29, 0.717) is 42.7 Å². The SMILES string of the molecule is C=CCCn1c(C[C@@H]2C=CN=C(c3ncccn3)C2)nc2ccc(C(F)(F)F)cc21. The Hall–Kier alpha value is -3.29. The Balaban J connectivity index is 1.64. The van der Waals surface area contributed by atoms with Crippen molar-refractivity contribution < 1.29 is 13.2 Å². The molecule has 3 aromatic rings. The monoisotopic (exact) mass is 411 g/mol. The molecule has 1 aromatic carbocycles. The maximum absolute atomic E-state index is 13.2. The number of nitrogens with zero attached hydrogens (tertiary/aromatic N) is 5. The number of aromatic nitrogens is 4. The Kier molecular flexibility index (Phi) is 5.48. The average molecular weight is 411 g/mol. The highest BCUT2D eigenvalue weighted by molar-refractivity contribution is 5.98. The number of halogens is 3. The molecule has 0 bridgehead atoms. The third kappa shape index (κ3) is 4.17. The van der Waals surface area contributed by atoms with E-state index in [1.54, 1.807) is 30.7 Å². The number of alkyl halides is 3. The summed E-state index contributed by atoms with van der Waals surface area (Å²) < 4.78 is 41.5. The third-order valence-electron chi connectivity index (χ3n) is 5.02. The van der Waals surface area contributed by atoms with Crippen molar-refractivity contribution in [2.75, 3.05) is 0 Å². The normalized spacial score (nSPS) is 16.6. The Bertz CT molecular complexity index is 1110. The first kappa shape index (κ1) is 20.0. The van der Waals surface area contributed by atoms with E-state index in [9.17, 15) is 13.2 Å². The van der Waals surface area contributed by atoms with Crippen molar-refractivity contribution in [2.24, 2.45) is 10.9 Å². The number of benzene rings is 1. The molecule has 30 heavy (non-hydrogen) atoms. The van der Waals surface area contributed by atoms with E-state index in [1.807, 2.05) is 10.6 Å². The number of imidazole rings is 1. The number of hydrogen-bond acceptors (Lipinski definition) is 4. The number of rotatable bonds is 6. The van der Waals surface area contributed by atoms with Crippen LogP contribution in [-0.4, -0.2) is 25.2 Å². The quantitative estimate of drug-likeness (QED) is 0.537. The second-order valence-corrected chi connectivity index (χ2v) is 7.12.